The summed E-state index contributed by atoms with van der Waals surface area (Å²) in [5.41, 5.74) is -0.0750. The lowest BCUT2D eigenvalue weighted by molar-refractivity contribution is -0.145. The first-order valence-electron chi connectivity index (χ1n) is 8.64. The van der Waals surface area contributed by atoms with Gasteiger partial charge in [0.2, 0.25) is 10.0 Å². The topological polar surface area (TPSA) is 178 Å². The minimum atomic E-state index is -4.10. The fraction of sp³-hybridized carbons (Fsp3) is 0.412. The third-order valence-corrected chi connectivity index (χ3v) is 6.37. The molecule has 2 atom stereocenters. The highest BCUT2D eigenvalue weighted by molar-refractivity contribution is 7.89. The highest BCUT2D eigenvalue weighted by Crippen LogP contribution is 2.25. The van der Waals surface area contributed by atoms with Gasteiger partial charge >= 0.3 is 17.9 Å². The lowest BCUT2D eigenvalue weighted by Gasteiger charge is -2.31. The average Bonchev–Trinajstić information content (AvgIpc) is 2.67. The van der Waals surface area contributed by atoms with E-state index in [1.807, 2.05) is 0 Å². The van der Waals surface area contributed by atoms with Crippen molar-refractivity contribution in [3.63, 3.8) is 0 Å². The summed E-state index contributed by atoms with van der Waals surface area (Å²) >= 11 is 0. The van der Waals surface area contributed by atoms with Crippen LogP contribution in [0.2, 0.25) is 0 Å². The zero-order valence-corrected chi connectivity index (χ0v) is 16.0. The molecule has 1 aliphatic rings. The summed E-state index contributed by atoms with van der Waals surface area (Å²) < 4.78 is 26.5. The maximum atomic E-state index is 12.8. The first-order chi connectivity index (χ1) is 13.5. The molecule has 1 saturated heterocycles. The number of carbonyl (C=O) groups excluding carboxylic acids is 1. The molecule has 0 saturated carbocycles. The Bertz CT molecular complexity index is 911. The molecule has 1 aromatic rings. The predicted molar refractivity (Wildman–Crippen MR) is 96.8 cm³/mol. The smallest absolute Gasteiger partial charge is 0.326 e. The molecule has 0 aliphatic carbocycles. The van der Waals surface area contributed by atoms with Crippen LogP contribution in [0.5, 0.6) is 0 Å². The summed E-state index contributed by atoms with van der Waals surface area (Å²) in [6.45, 7) is 0.0665. The maximum absolute atomic E-state index is 12.8. The van der Waals surface area contributed by atoms with Crippen LogP contribution in [-0.2, 0) is 24.4 Å². The Labute approximate surface area is 166 Å². The van der Waals surface area contributed by atoms with Gasteiger partial charge in [0.25, 0.3) is 5.91 Å². The first kappa shape index (κ1) is 22.3. The van der Waals surface area contributed by atoms with Gasteiger partial charge in [-0.1, -0.05) is 0 Å². The Morgan fingerprint density at radius 1 is 1.07 bits per heavy atom. The van der Waals surface area contributed by atoms with Crippen LogP contribution in [0.1, 0.15) is 36.0 Å². The number of carbonyl (C=O) groups is 4. The largest absolute Gasteiger partial charge is 0.481 e. The van der Waals surface area contributed by atoms with Crippen molar-refractivity contribution in [2.24, 2.45) is 0 Å². The second-order valence-electron chi connectivity index (χ2n) is 6.45. The molecule has 2 rings (SSSR count). The van der Waals surface area contributed by atoms with Gasteiger partial charge in [0.1, 0.15) is 12.1 Å². The number of nitrogens with one attached hydrogen (secondary N) is 1. The molecular weight excluding hydrogens is 408 g/mol. The van der Waals surface area contributed by atoms with Gasteiger partial charge in [0.15, 0.2) is 0 Å². The summed E-state index contributed by atoms with van der Waals surface area (Å²) in [6, 6.07) is 1.70. The highest BCUT2D eigenvalue weighted by atomic mass is 32.2. The molecule has 1 aliphatic heterocycles. The number of benzene rings is 1. The number of carboxylic acid groups (broad SMARTS) is 3. The molecule has 0 radical (unpaired) electrons. The SMILES string of the molecule is O=C(O)C[C@H](NC(=O)c1ccc(S(=O)(=O)N2CCCC[C@@H]2C(=O)O)cc1)C(=O)O. The number of hydrogen-bond donors (Lipinski definition) is 4. The van der Waals surface area contributed by atoms with Crippen LogP contribution in [0.15, 0.2) is 29.2 Å². The van der Waals surface area contributed by atoms with E-state index in [0.29, 0.717) is 12.8 Å². The van der Waals surface area contributed by atoms with Gasteiger partial charge < -0.3 is 20.6 Å². The van der Waals surface area contributed by atoms with Crippen molar-refractivity contribution in [2.75, 3.05) is 6.54 Å². The number of hydrogen-bond acceptors (Lipinski definition) is 6. The number of amides is 1. The number of carboxylic acids is 3. The van der Waals surface area contributed by atoms with Crippen LogP contribution in [0.25, 0.3) is 0 Å². The van der Waals surface area contributed by atoms with Gasteiger partial charge in [-0.2, -0.15) is 4.31 Å². The van der Waals surface area contributed by atoms with Crippen LogP contribution in [0.3, 0.4) is 0 Å². The van der Waals surface area contributed by atoms with Gasteiger partial charge in [0, 0.05) is 12.1 Å². The van der Waals surface area contributed by atoms with E-state index < -0.39 is 52.3 Å². The van der Waals surface area contributed by atoms with Crippen molar-refractivity contribution in [1.29, 1.82) is 0 Å². The van der Waals surface area contributed by atoms with Crippen molar-refractivity contribution >= 4 is 33.8 Å². The average molecular weight is 428 g/mol. The number of nitrogens with zero attached hydrogens (tertiary/aromatic N) is 1. The van der Waals surface area contributed by atoms with E-state index in [-0.39, 0.29) is 23.4 Å². The van der Waals surface area contributed by atoms with E-state index in [1.165, 1.54) is 0 Å². The van der Waals surface area contributed by atoms with Crippen LogP contribution in [0.4, 0.5) is 0 Å². The zero-order valence-electron chi connectivity index (χ0n) is 15.1. The van der Waals surface area contributed by atoms with E-state index >= 15 is 0 Å². The van der Waals surface area contributed by atoms with Crippen LogP contribution in [0, 0.1) is 0 Å². The normalized spacial score (nSPS) is 18.6. The summed E-state index contributed by atoms with van der Waals surface area (Å²) in [5, 5.41) is 29.0. The first-order valence-corrected chi connectivity index (χ1v) is 10.1. The van der Waals surface area contributed by atoms with Crippen molar-refractivity contribution in [2.45, 2.75) is 42.7 Å². The molecule has 0 aromatic heterocycles. The van der Waals surface area contributed by atoms with E-state index in [0.717, 1.165) is 28.6 Å². The number of sulfonamides is 1. The number of aliphatic carboxylic acids is 3. The fourth-order valence-electron chi connectivity index (χ4n) is 2.97. The minimum absolute atomic E-state index is 0.0665. The van der Waals surface area contributed by atoms with Crippen molar-refractivity contribution in [1.82, 2.24) is 9.62 Å². The Kier molecular flexibility index (Phi) is 6.93. The molecule has 29 heavy (non-hydrogen) atoms. The van der Waals surface area contributed by atoms with Gasteiger partial charge in [-0.3, -0.25) is 14.4 Å². The predicted octanol–water partition coefficient (Wildman–Crippen LogP) is -0.0279. The lowest BCUT2D eigenvalue weighted by atomic mass is 10.1. The van der Waals surface area contributed by atoms with Crippen molar-refractivity contribution < 1.29 is 42.9 Å². The number of piperidine rings is 1. The molecule has 1 amide bonds. The molecule has 11 nitrogen and oxygen atoms in total. The van der Waals surface area contributed by atoms with E-state index in [1.54, 1.807) is 0 Å². The molecule has 0 bridgehead atoms. The van der Waals surface area contributed by atoms with Crippen LogP contribution in [-0.4, -0.2) is 70.5 Å². The molecule has 0 spiro atoms. The van der Waals surface area contributed by atoms with Crippen LogP contribution < -0.4 is 5.32 Å². The fourth-order valence-corrected chi connectivity index (χ4v) is 4.62. The monoisotopic (exact) mass is 428 g/mol. The molecule has 1 aromatic carbocycles. The third kappa shape index (κ3) is 5.29. The zero-order chi connectivity index (χ0) is 21.8. The second kappa shape index (κ2) is 9.01. The van der Waals surface area contributed by atoms with Crippen LogP contribution >= 0.6 is 0 Å². The van der Waals surface area contributed by atoms with E-state index in [2.05, 4.69) is 5.32 Å². The van der Waals surface area contributed by atoms with Gasteiger partial charge in [-0.15, -0.1) is 0 Å². The van der Waals surface area contributed by atoms with E-state index in [4.69, 9.17) is 10.2 Å². The van der Waals surface area contributed by atoms with Crippen molar-refractivity contribution in [3.05, 3.63) is 29.8 Å². The summed E-state index contributed by atoms with van der Waals surface area (Å²) in [4.78, 5) is 45.0. The highest BCUT2D eigenvalue weighted by Gasteiger charge is 2.37. The Hall–Kier alpha value is -2.99. The molecular formula is C17H20N2O9S. The quantitative estimate of drug-likeness (QED) is 0.442. The van der Waals surface area contributed by atoms with Gasteiger partial charge in [-0.05, 0) is 43.5 Å². The summed E-state index contributed by atoms with van der Waals surface area (Å²) in [6.07, 6.45) is 0.515. The van der Waals surface area contributed by atoms with E-state index in [9.17, 15) is 32.7 Å². The minimum Gasteiger partial charge on any atom is -0.481 e. The maximum Gasteiger partial charge on any atom is 0.326 e. The Morgan fingerprint density at radius 2 is 1.69 bits per heavy atom. The molecule has 1 fully saturated rings. The molecule has 158 valence electrons. The molecule has 12 heteroatoms. The second-order valence-corrected chi connectivity index (χ2v) is 8.34. The van der Waals surface area contributed by atoms with Gasteiger partial charge in [0.05, 0.1) is 11.3 Å². The summed E-state index contributed by atoms with van der Waals surface area (Å²) in [5.74, 6) is -5.05. The molecule has 0 unspecified atom stereocenters. The third-order valence-electron chi connectivity index (χ3n) is 4.44. The Balaban J connectivity index is 2.20. The lowest BCUT2D eigenvalue weighted by Crippen LogP contribution is -2.47. The molecule has 4 N–H and O–H groups in total. The van der Waals surface area contributed by atoms with Crippen molar-refractivity contribution in [3.8, 4) is 0 Å². The molecule has 1 heterocycles. The number of rotatable bonds is 8. The Morgan fingerprint density at radius 3 is 2.21 bits per heavy atom. The summed E-state index contributed by atoms with van der Waals surface area (Å²) in [7, 11) is -4.10. The standard InChI is InChI=1S/C17H20N2O9S/c20-14(21)9-12(16(23)24)18-15(22)10-4-6-11(7-5-10)29(27,28)19-8-2-1-3-13(19)17(25)26/h4-7,12-13H,1-3,8-9H2,(H,18,22)(H,20,21)(H,23,24)(H,25,26)/t12-,13+/m0/s1. The van der Waals surface area contributed by atoms with Gasteiger partial charge in [-0.25, -0.2) is 13.2 Å².